The van der Waals surface area contributed by atoms with Gasteiger partial charge in [0, 0.05) is 50.2 Å². The lowest BCUT2D eigenvalue weighted by Gasteiger charge is -2.33. The molecule has 2 aromatic rings. The summed E-state index contributed by atoms with van der Waals surface area (Å²) in [6, 6.07) is 5.78. The number of aryl methyl sites for hydroxylation is 1. The summed E-state index contributed by atoms with van der Waals surface area (Å²) in [5, 5.41) is 2.99. The molecule has 0 radical (unpaired) electrons. The molecule has 0 aromatic carbocycles. The van der Waals surface area contributed by atoms with Crippen LogP contribution in [0.3, 0.4) is 0 Å². The molecule has 26 heavy (non-hydrogen) atoms. The molecule has 0 aliphatic carbocycles. The molecule has 3 heterocycles. The lowest BCUT2D eigenvalue weighted by atomic mass is 9.95. The normalized spacial score (nSPS) is 17.4. The summed E-state index contributed by atoms with van der Waals surface area (Å²) < 4.78 is 0. The van der Waals surface area contributed by atoms with Crippen LogP contribution >= 0.6 is 11.3 Å². The molecule has 7 heteroatoms. The van der Waals surface area contributed by atoms with E-state index in [0.29, 0.717) is 38.9 Å². The zero-order chi connectivity index (χ0) is 18.5. The molecule has 3 rings (SSSR count). The van der Waals surface area contributed by atoms with Crippen LogP contribution in [0.25, 0.3) is 0 Å². The van der Waals surface area contributed by atoms with Gasteiger partial charge in [0.15, 0.2) is 0 Å². The average molecular weight is 372 g/mol. The molecule has 1 fully saturated rings. The third kappa shape index (κ3) is 4.66. The van der Waals surface area contributed by atoms with Crippen molar-refractivity contribution < 1.29 is 9.59 Å². The Morgan fingerprint density at radius 1 is 1.38 bits per heavy atom. The van der Waals surface area contributed by atoms with Gasteiger partial charge in [-0.05, 0) is 25.5 Å². The monoisotopic (exact) mass is 372 g/mol. The highest BCUT2D eigenvalue weighted by molar-refractivity contribution is 7.09. The standard InChI is InChI=1S/C19H24N4O2S/c1-14-21-17(13-26-14)12-22(2)19(25)15-6-7-18(24)23(11-15)10-8-16-5-3-4-9-20-16/h3-5,9,13,15H,6-8,10-12H2,1-2H3/t15-/m0/s1. The average Bonchev–Trinajstić information content (AvgIpc) is 3.06. The highest BCUT2D eigenvalue weighted by Crippen LogP contribution is 2.21. The van der Waals surface area contributed by atoms with Crippen LogP contribution in [0.1, 0.15) is 29.2 Å². The number of rotatable bonds is 6. The third-order valence-electron chi connectivity index (χ3n) is 4.66. The van der Waals surface area contributed by atoms with Crippen molar-refractivity contribution in [2.24, 2.45) is 5.92 Å². The molecular weight excluding hydrogens is 348 g/mol. The number of carbonyl (C=O) groups is 2. The van der Waals surface area contributed by atoms with Crippen molar-refractivity contribution in [1.82, 2.24) is 19.8 Å². The summed E-state index contributed by atoms with van der Waals surface area (Å²) in [5.41, 5.74) is 1.88. The van der Waals surface area contributed by atoms with Crippen molar-refractivity contribution in [3.8, 4) is 0 Å². The zero-order valence-electron chi connectivity index (χ0n) is 15.2. The van der Waals surface area contributed by atoms with Crippen LogP contribution in [-0.4, -0.2) is 51.7 Å². The van der Waals surface area contributed by atoms with Gasteiger partial charge in [-0.3, -0.25) is 14.6 Å². The van der Waals surface area contributed by atoms with E-state index in [1.54, 1.807) is 22.4 Å². The zero-order valence-corrected chi connectivity index (χ0v) is 16.0. The largest absolute Gasteiger partial charge is 0.342 e. The second kappa shape index (κ2) is 8.40. The second-order valence-corrected chi connectivity index (χ2v) is 7.76. The van der Waals surface area contributed by atoms with Crippen LogP contribution in [0, 0.1) is 12.8 Å². The van der Waals surface area contributed by atoms with E-state index in [0.717, 1.165) is 16.4 Å². The number of thiazole rings is 1. The number of aromatic nitrogens is 2. The Hall–Kier alpha value is -2.28. The Kier molecular flexibility index (Phi) is 5.98. The fourth-order valence-corrected chi connectivity index (χ4v) is 3.85. The molecule has 0 unspecified atom stereocenters. The quantitative estimate of drug-likeness (QED) is 0.780. The predicted octanol–water partition coefficient (Wildman–Crippen LogP) is 2.29. The highest BCUT2D eigenvalue weighted by atomic mass is 32.1. The van der Waals surface area contributed by atoms with Gasteiger partial charge in [-0.1, -0.05) is 6.07 Å². The van der Waals surface area contributed by atoms with Gasteiger partial charge < -0.3 is 9.80 Å². The van der Waals surface area contributed by atoms with E-state index in [1.807, 2.05) is 42.5 Å². The summed E-state index contributed by atoms with van der Waals surface area (Å²) in [5.74, 6) is 0.0786. The molecule has 0 spiro atoms. The number of hydrogen-bond acceptors (Lipinski definition) is 5. The van der Waals surface area contributed by atoms with Gasteiger partial charge in [0.05, 0.1) is 23.2 Å². The van der Waals surface area contributed by atoms with Crippen molar-refractivity contribution in [2.75, 3.05) is 20.1 Å². The Bertz CT molecular complexity index is 762. The minimum atomic E-state index is -0.138. The molecule has 2 amide bonds. The maximum Gasteiger partial charge on any atom is 0.227 e. The van der Waals surface area contributed by atoms with Gasteiger partial charge in [-0.2, -0.15) is 0 Å². The highest BCUT2D eigenvalue weighted by Gasteiger charge is 2.31. The van der Waals surface area contributed by atoms with Crippen molar-refractivity contribution in [3.05, 3.63) is 46.2 Å². The van der Waals surface area contributed by atoms with E-state index in [1.165, 1.54) is 0 Å². The lowest BCUT2D eigenvalue weighted by Crippen LogP contribution is -2.46. The van der Waals surface area contributed by atoms with Crippen LogP contribution in [0.15, 0.2) is 29.8 Å². The van der Waals surface area contributed by atoms with E-state index in [9.17, 15) is 9.59 Å². The Labute approximate surface area is 157 Å². The van der Waals surface area contributed by atoms with Gasteiger partial charge in [-0.25, -0.2) is 4.98 Å². The fourth-order valence-electron chi connectivity index (χ4n) is 3.24. The maximum absolute atomic E-state index is 12.8. The van der Waals surface area contributed by atoms with Crippen LogP contribution in [-0.2, 0) is 22.6 Å². The summed E-state index contributed by atoms with van der Waals surface area (Å²) >= 11 is 1.59. The smallest absolute Gasteiger partial charge is 0.227 e. The predicted molar refractivity (Wildman–Crippen MR) is 101 cm³/mol. The van der Waals surface area contributed by atoms with E-state index in [2.05, 4.69) is 9.97 Å². The van der Waals surface area contributed by atoms with Gasteiger partial charge in [-0.15, -0.1) is 11.3 Å². The van der Waals surface area contributed by atoms with Crippen molar-refractivity contribution in [2.45, 2.75) is 32.7 Å². The minimum Gasteiger partial charge on any atom is -0.342 e. The number of amides is 2. The molecule has 6 nitrogen and oxygen atoms in total. The SMILES string of the molecule is Cc1nc(CN(C)C(=O)[C@H]2CCC(=O)N(CCc3ccccn3)C2)cs1. The van der Waals surface area contributed by atoms with E-state index < -0.39 is 0 Å². The number of likely N-dealkylation sites (tertiary alicyclic amines) is 1. The molecule has 0 N–H and O–H groups in total. The Morgan fingerprint density at radius 3 is 2.92 bits per heavy atom. The van der Waals surface area contributed by atoms with Crippen molar-refractivity contribution in [3.63, 3.8) is 0 Å². The first kappa shape index (κ1) is 18.5. The molecule has 1 saturated heterocycles. The number of hydrogen-bond donors (Lipinski definition) is 0. The molecule has 0 saturated carbocycles. The maximum atomic E-state index is 12.8. The van der Waals surface area contributed by atoms with Crippen molar-refractivity contribution >= 4 is 23.2 Å². The van der Waals surface area contributed by atoms with Gasteiger partial charge in [0.25, 0.3) is 0 Å². The first-order valence-electron chi connectivity index (χ1n) is 8.86. The summed E-state index contributed by atoms with van der Waals surface area (Å²) in [6.45, 7) is 3.57. The minimum absolute atomic E-state index is 0.0889. The fraction of sp³-hybridized carbons (Fsp3) is 0.474. The van der Waals surface area contributed by atoms with Gasteiger partial charge in [0.1, 0.15) is 0 Å². The molecule has 2 aromatic heterocycles. The van der Waals surface area contributed by atoms with Crippen LogP contribution in [0.5, 0.6) is 0 Å². The van der Waals surface area contributed by atoms with Gasteiger partial charge >= 0.3 is 0 Å². The molecule has 0 bridgehead atoms. The number of pyridine rings is 1. The van der Waals surface area contributed by atoms with E-state index >= 15 is 0 Å². The first-order chi connectivity index (χ1) is 12.5. The van der Waals surface area contributed by atoms with Crippen LogP contribution in [0.2, 0.25) is 0 Å². The Morgan fingerprint density at radius 2 is 2.23 bits per heavy atom. The van der Waals surface area contributed by atoms with Gasteiger partial charge in [0.2, 0.25) is 11.8 Å². The molecule has 1 aliphatic rings. The summed E-state index contributed by atoms with van der Waals surface area (Å²) in [7, 11) is 1.81. The third-order valence-corrected chi connectivity index (χ3v) is 5.48. The number of carbonyl (C=O) groups excluding carboxylic acids is 2. The first-order valence-corrected chi connectivity index (χ1v) is 9.74. The van der Waals surface area contributed by atoms with Crippen LogP contribution in [0.4, 0.5) is 0 Å². The molecular formula is C19H24N4O2S. The topological polar surface area (TPSA) is 66.4 Å². The van der Waals surface area contributed by atoms with Crippen molar-refractivity contribution in [1.29, 1.82) is 0 Å². The summed E-state index contributed by atoms with van der Waals surface area (Å²) in [4.78, 5) is 37.3. The number of piperidine rings is 1. The lowest BCUT2D eigenvalue weighted by molar-refractivity contribution is -0.142. The Balaban J connectivity index is 1.56. The molecule has 1 atom stereocenters. The van der Waals surface area contributed by atoms with E-state index in [4.69, 9.17) is 0 Å². The van der Waals surface area contributed by atoms with Crippen LogP contribution < -0.4 is 0 Å². The molecule has 1 aliphatic heterocycles. The summed E-state index contributed by atoms with van der Waals surface area (Å²) in [6.07, 6.45) is 3.52. The molecule has 138 valence electrons. The number of nitrogens with zero attached hydrogens (tertiary/aromatic N) is 4. The second-order valence-electron chi connectivity index (χ2n) is 6.70. The van der Waals surface area contributed by atoms with E-state index in [-0.39, 0.29) is 17.7 Å².